The second kappa shape index (κ2) is 12.8. The van der Waals surface area contributed by atoms with Gasteiger partial charge in [0, 0.05) is 25.5 Å². The average Bonchev–Trinajstić information content (AvgIpc) is 3.07. The van der Waals surface area contributed by atoms with Crippen LogP contribution >= 0.6 is 0 Å². The molecule has 0 saturated heterocycles. The van der Waals surface area contributed by atoms with Gasteiger partial charge in [-0.3, -0.25) is 0 Å². The Morgan fingerprint density at radius 1 is 0.615 bits per heavy atom. The zero-order valence-electron chi connectivity index (χ0n) is 17.2. The third-order valence-corrected chi connectivity index (χ3v) is 5.47. The van der Waals surface area contributed by atoms with E-state index in [2.05, 4.69) is 66.4 Å². The summed E-state index contributed by atoms with van der Waals surface area (Å²) in [6.45, 7) is 6.91. The van der Waals surface area contributed by atoms with Crippen molar-refractivity contribution in [2.75, 3.05) is 13.1 Å². The number of benzene rings is 1. The maximum Gasteiger partial charge on any atom is 0.127 e. The summed E-state index contributed by atoms with van der Waals surface area (Å²) in [6.07, 6.45) is 20.0. The van der Waals surface area contributed by atoms with Crippen LogP contribution in [0.4, 0.5) is 0 Å². The largest absolute Gasteiger partial charge is 0.352 e. The Bertz CT molecular complexity index is 482. The van der Waals surface area contributed by atoms with Crippen molar-refractivity contribution in [3.8, 4) is 0 Å². The van der Waals surface area contributed by atoms with E-state index >= 15 is 0 Å². The Hall–Kier alpha value is -1.44. The van der Waals surface area contributed by atoms with Gasteiger partial charge in [-0.05, 0) is 18.4 Å². The van der Waals surface area contributed by atoms with Crippen LogP contribution in [0.2, 0.25) is 0 Å². The Morgan fingerprint density at radius 3 is 1.65 bits per heavy atom. The molecule has 1 aromatic carbocycles. The molecule has 0 N–H and O–H groups in total. The average molecular weight is 357 g/mol. The standard InChI is InChI=1S/C24H40N2/c1-3-5-7-8-9-10-11-16-20-26-22-21-25(19-15-6-4-2)24(26)23-17-13-12-14-18-23/h12-14,17-18,21-22,24H,3-11,15-16,19-20H2,1-2H3. The minimum atomic E-state index is 0.401. The quantitative estimate of drug-likeness (QED) is 0.328. The molecule has 2 heteroatoms. The zero-order chi connectivity index (χ0) is 18.5. The van der Waals surface area contributed by atoms with E-state index in [9.17, 15) is 0 Å². The van der Waals surface area contributed by atoms with Gasteiger partial charge in [0.25, 0.3) is 0 Å². The van der Waals surface area contributed by atoms with Crippen LogP contribution in [0.25, 0.3) is 0 Å². The van der Waals surface area contributed by atoms with Crippen molar-refractivity contribution < 1.29 is 0 Å². The van der Waals surface area contributed by atoms with Gasteiger partial charge in [0.05, 0.1) is 0 Å². The maximum absolute atomic E-state index is 2.55. The molecule has 26 heavy (non-hydrogen) atoms. The SMILES string of the molecule is CCCCCCCCCCN1C=CN(CCCCC)C1c1ccccc1. The van der Waals surface area contributed by atoms with Gasteiger partial charge in [-0.1, -0.05) is 102 Å². The molecular weight excluding hydrogens is 316 g/mol. The third kappa shape index (κ3) is 7.05. The lowest BCUT2D eigenvalue weighted by molar-refractivity contribution is 0.150. The summed E-state index contributed by atoms with van der Waals surface area (Å²) < 4.78 is 0. The van der Waals surface area contributed by atoms with Crippen molar-refractivity contribution in [2.45, 2.75) is 90.6 Å². The van der Waals surface area contributed by atoms with E-state index in [1.165, 1.54) is 82.7 Å². The number of hydrogen-bond acceptors (Lipinski definition) is 2. The highest BCUT2D eigenvalue weighted by Gasteiger charge is 2.26. The highest BCUT2D eigenvalue weighted by Crippen LogP contribution is 2.31. The number of unbranched alkanes of at least 4 members (excludes halogenated alkanes) is 9. The van der Waals surface area contributed by atoms with E-state index in [1.807, 2.05) is 0 Å². The summed E-state index contributed by atoms with van der Waals surface area (Å²) >= 11 is 0. The van der Waals surface area contributed by atoms with Crippen LogP contribution in [0.1, 0.15) is 96.2 Å². The van der Waals surface area contributed by atoms with E-state index < -0.39 is 0 Å². The maximum atomic E-state index is 2.55. The van der Waals surface area contributed by atoms with Gasteiger partial charge in [-0.2, -0.15) is 0 Å². The molecular formula is C24H40N2. The number of nitrogens with zero attached hydrogens (tertiary/aromatic N) is 2. The molecule has 1 unspecified atom stereocenters. The molecule has 0 aliphatic carbocycles. The molecule has 146 valence electrons. The monoisotopic (exact) mass is 356 g/mol. The predicted octanol–water partition coefficient (Wildman–Crippen LogP) is 7.10. The summed E-state index contributed by atoms with van der Waals surface area (Å²) in [6, 6.07) is 11.0. The Labute approximate surface area is 162 Å². The Morgan fingerprint density at radius 2 is 1.08 bits per heavy atom. The van der Waals surface area contributed by atoms with E-state index in [1.54, 1.807) is 0 Å². The Kier molecular flexibility index (Phi) is 10.3. The molecule has 2 rings (SSSR count). The molecule has 2 nitrogen and oxygen atoms in total. The van der Waals surface area contributed by atoms with Crippen molar-refractivity contribution in [1.29, 1.82) is 0 Å². The summed E-state index contributed by atoms with van der Waals surface area (Å²) in [4.78, 5) is 5.09. The highest BCUT2D eigenvalue weighted by molar-refractivity contribution is 5.21. The first-order chi connectivity index (χ1) is 12.9. The van der Waals surface area contributed by atoms with Gasteiger partial charge in [0.2, 0.25) is 0 Å². The molecule has 0 saturated carbocycles. The molecule has 0 bridgehead atoms. The number of hydrogen-bond donors (Lipinski definition) is 0. The van der Waals surface area contributed by atoms with Gasteiger partial charge >= 0.3 is 0 Å². The van der Waals surface area contributed by atoms with E-state index in [4.69, 9.17) is 0 Å². The van der Waals surface area contributed by atoms with Crippen molar-refractivity contribution in [3.05, 3.63) is 48.3 Å². The van der Waals surface area contributed by atoms with Gasteiger partial charge in [0.15, 0.2) is 0 Å². The lowest BCUT2D eigenvalue weighted by Crippen LogP contribution is -2.32. The van der Waals surface area contributed by atoms with Crippen LogP contribution < -0.4 is 0 Å². The molecule has 0 aromatic heterocycles. The van der Waals surface area contributed by atoms with Crippen LogP contribution in [0.15, 0.2) is 42.7 Å². The molecule has 0 radical (unpaired) electrons. The first-order valence-electron chi connectivity index (χ1n) is 11.1. The van der Waals surface area contributed by atoms with Crippen LogP contribution in [-0.4, -0.2) is 22.9 Å². The van der Waals surface area contributed by atoms with E-state index in [0.717, 1.165) is 6.54 Å². The van der Waals surface area contributed by atoms with Crippen LogP contribution in [0.3, 0.4) is 0 Å². The van der Waals surface area contributed by atoms with Crippen molar-refractivity contribution in [1.82, 2.24) is 9.80 Å². The molecule has 0 spiro atoms. The molecule has 1 aromatic rings. The van der Waals surface area contributed by atoms with Gasteiger partial charge in [-0.25, -0.2) is 0 Å². The van der Waals surface area contributed by atoms with Crippen molar-refractivity contribution in [2.24, 2.45) is 0 Å². The molecule has 1 atom stereocenters. The van der Waals surface area contributed by atoms with Crippen molar-refractivity contribution in [3.63, 3.8) is 0 Å². The second-order valence-electron chi connectivity index (χ2n) is 7.74. The fourth-order valence-electron chi connectivity index (χ4n) is 3.90. The van der Waals surface area contributed by atoms with Crippen molar-refractivity contribution >= 4 is 0 Å². The summed E-state index contributed by atoms with van der Waals surface area (Å²) in [7, 11) is 0. The first kappa shape index (κ1) is 20.9. The molecule has 0 amide bonds. The minimum absolute atomic E-state index is 0.401. The third-order valence-electron chi connectivity index (χ3n) is 5.47. The molecule has 1 heterocycles. The normalized spacial score (nSPS) is 16.6. The van der Waals surface area contributed by atoms with Crippen LogP contribution in [0.5, 0.6) is 0 Å². The zero-order valence-corrected chi connectivity index (χ0v) is 17.2. The predicted molar refractivity (Wildman–Crippen MR) is 114 cm³/mol. The lowest BCUT2D eigenvalue weighted by Gasteiger charge is -2.33. The fraction of sp³-hybridized carbons (Fsp3) is 0.667. The Balaban J connectivity index is 1.77. The molecule has 1 aliphatic rings. The lowest BCUT2D eigenvalue weighted by atomic mass is 10.1. The second-order valence-corrected chi connectivity index (χ2v) is 7.74. The van der Waals surface area contributed by atoms with E-state index in [-0.39, 0.29) is 0 Å². The summed E-state index contributed by atoms with van der Waals surface area (Å²) in [5.41, 5.74) is 1.42. The topological polar surface area (TPSA) is 6.48 Å². The minimum Gasteiger partial charge on any atom is -0.352 e. The smallest absolute Gasteiger partial charge is 0.127 e. The van der Waals surface area contributed by atoms with E-state index in [0.29, 0.717) is 6.17 Å². The first-order valence-corrected chi connectivity index (χ1v) is 11.1. The summed E-state index contributed by atoms with van der Waals surface area (Å²) in [5.74, 6) is 0. The highest BCUT2D eigenvalue weighted by atomic mass is 15.4. The number of rotatable bonds is 14. The van der Waals surface area contributed by atoms with Gasteiger partial charge in [0.1, 0.15) is 6.17 Å². The summed E-state index contributed by atoms with van der Waals surface area (Å²) in [5, 5.41) is 0. The van der Waals surface area contributed by atoms with Gasteiger partial charge < -0.3 is 9.80 Å². The molecule has 1 aliphatic heterocycles. The van der Waals surface area contributed by atoms with Crippen LogP contribution in [0, 0.1) is 0 Å². The molecule has 0 fully saturated rings. The van der Waals surface area contributed by atoms with Gasteiger partial charge in [-0.15, -0.1) is 0 Å². The fourth-order valence-corrected chi connectivity index (χ4v) is 3.90. The van der Waals surface area contributed by atoms with Crippen LogP contribution in [-0.2, 0) is 0 Å².